The minimum Gasteiger partial charge on any atom is -0.352 e. The van der Waals surface area contributed by atoms with Gasteiger partial charge in [0.15, 0.2) is 5.82 Å². The van der Waals surface area contributed by atoms with E-state index in [0.717, 1.165) is 24.4 Å². The van der Waals surface area contributed by atoms with E-state index >= 15 is 0 Å². The van der Waals surface area contributed by atoms with Gasteiger partial charge in [0.25, 0.3) is 0 Å². The van der Waals surface area contributed by atoms with Gasteiger partial charge in [-0.2, -0.15) is 9.40 Å². The molecule has 1 aromatic rings. The minimum atomic E-state index is -3.05. The van der Waals surface area contributed by atoms with Gasteiger partial charge in [-0.05, 0) is 25.0 Å². The molecule has 1 saturated heterocycles. The molecule has 0 bridgehead atoms. The number of hydrogen-bond donors (Lipinski definition) is 0. The lowest BCUT2D eigenvalue weighted by molar-refractivity contribution is 0.382. The fraction of sp³-hybridized carbons (Fsp3) is 0.733. The van der Waals surface area contributed by atoms with Crippen LogP contribution < -0.4 is 4.90 Å². The van der Waals surface area contributed by atoms with Gasteiger partial charge in [-0.1, -0.05) is 20.8 Å². The number of aromatic nitrogens is 2. The van der Waals surface area contributed by atoms with Crippen LogP contribution in [0.1, 0.15) is 39.3 Å². The summed E-state index contributed by atoms with van der Waals surface area (Å²) in [7, 11) is -3.05. The van der Waals surface area contributed by atoms with Gasteiger partial charge in [0.2, 0.25) is 10.0 Å². The zero-order valence-electron chi connectivity index (χ0n) is 13.5. The van der Waals surface area contributed by atoms with Crippen LogP contribution in [0.25, 0.3) is 0 Å². The van der Waals surface area contributed by atoms with Crippen LogP contribution in [0.3, 0.4) is 0 Å². The predicted molar refractivity (Wildman–Crippen MR) is 86.5 cm³/mol. The molecular formula is C15H24N4O2S. The summed E-state index contributed by atoms with van der Waals surface area (Å²) in [5.41, 5.74) is 0.953. The van der Waals surface area contributed by atoms with Crippen molar-refractivity contribution in [2.24, 2.45) is 0 Å². The Morgan fingerprint density at radius 1 is 1.05 bits per heavy atom. The highest BCUT2D eigenvalue weighted by Gasteiger charge is 2.41. The summed E-state index contributed by atoms with van der Waals surface area (Å²) < 4.78 is 26.1. The molecule has 0 amide bonds. The third-order valence-corrected chi connectivity index (χ3v) is 6.69. The highest BCUT2D eigenvalue weighted by Crippen LogP contribution is 2.31. The van der Waals surface area contributed by atoms with Crippen LogP contribution in [0.2, 0.25) is 0 Å². The molecule has 122 valence electrons. The van der Waals surface area contributed by atoms with Crippen LogP contribution in [0.5, 0.6) is 0 Å². The van der Waals surface area contributed by atoms with E-state index in [1.165, 1.54) is 0 Å². The second-order valence-electron chi connectivity index (χ2n) is 7.16. The van der Waals surface area contributed by atoms with E-state index in [-0.39, 0.29) is 10.7 Å². The summed E-state index contributed by atoms with van der Waals surface area (Å²) in [5.74, 6) is 0.830. The van der Waals surface area contributed by atoms with Crippen LogP contribution >= 0.6 is 0 Å². The summed E-state index contributed by atoms with van der Waals surface area (Å²) in [6, 6.07) is 3.99. The number of hydrogen-bond acceptors (Lipinski definition) is 5. The van der Waals surface area contributed by atoms with E-state index in [1.807, 2.05) is 12.1 Å². The first kappa shape index (κ1) is 15.7. The third-order valence-electron chi connectivity index (χ3n) is 4.29. The van der Waals surface area contributed by atoms with Crippen molar-refractivity contribution in [2.45, 2.75) is 44.3 Å². The molecule has 2 aliphatic rings. The van der Waals surface area contributed by atoms with E-state index in [4.69, 9.17) is 0 Å². The van der Waals surface area contributed by atoms with Crippen molar-refractivity contribution in [3.05, 3.63) is 17.8 Å². The number of anilines is 1. The third kappa shape index (κ3) is 3.10. The molecule has 7 heteroatoms. The van der Waals surface area contributed by atoms with Crippen molar-refractivity contribution in [1.82, 2.24) is 14.5 Å². The maximum absolute atomic E-state index is 12.2. The molecule has 0 radical (unpaired) electrons. The molecule has 0 N–H and O–H groups in total. The Bertz CT molecular complexity index is 625. The van der Waals surface area contributed by atoms with E-state index in [1.54, 1.807) is 4.31 Å². The molecule has 3 rings (SSSR count). The van der Waals surface area contributed by atoms with Crippen LogP contribution in [-0.4, -0.2) is 54.3 Å². The Morgan fingerprint density at radius 2 is 1.68 bits per heavy atom. The highest BCUT2D eigenvalue weighted by atomic mass is 32.2. The van der Waals surface area contributed by atoms with Gasteiger partial charge in [-0.3, -0.25) is 0 Å². The molecule has 0 spiro atoms. The number of piperazine rings is 1. The van der Waals surface area contributed by atoms with Crippen molar-refractivity contribution in [3.63, 3.8) is 0 Å². The fourth-order valence-electron chi connectivity index (χ4n) is 2.64. The average molecular weight is 324 g/mol. The van der Waals surface area contributed by atoms with Gasteiger partial charge in [0, 0.05) is 31.6 Å². The molecule has 22 heavy (non-hydrogen) atoms. The van der Waals surface area contributed by atoms with Crippen molar-refractivity contribution < 1.29 is 8.42 Å². The normalized spacial score (nSPS) is 21.1. The molecule has 0 atom stereocenters. The second kappa shape index (κ2) is 5.45. The van der Waals surface area contributed by atoms with Gasteiger partial charge < -0.3 is 4.90 Å². The van der Waals surface area contributed by atoms with Crippen LogP contribution in [0.15, 0.2) is 12.1 Å². The monoisotopic (exact) mass is 324 g/mol. The van der Waals surface area contributed by atoms with E-state index in [2.05, 4.69) is 35.9 Å². The van der Waals surface area contributed by atoms with E-state index in [9.17, 15) is 8.42 Å². The average Bonchev–Trinajstić information content (AvgIpc) is 3.32. The SMILES string of the molecule is CC(C)(C)c1ccc(N2CCN(S(=O)(=O)C3CC3)CC2)nn1. The smallest absolute Gasteiger partial charge is 0.217 e. The molecular weight excluding hydrogens is 300 g/mol. The Balaban J connectivity index is 1.64. The van der Waals surface area contributed by atoms with Crippen molar-refractivity contribution in [3.8, 4) is 0 Å². The molecule has 0 aromatic carbocycles. The highest BCUT2D eigenvalue weighted by molar-refractivity contribution is 7.90. The number of nitrogens with zero attached hydrogens (tertiary/aromatic N) is 4. The second-order valence-corrected chi connectivity index (χ2v) is 9.37. The van der Waals surface area contributed by atoms with Gasteiger partial charge in [-0.25, -0.2) is 8.42 Å². The van der Waals surface area contributed by atoms with Gasteiger partial charge in [0.05, 0.1) is 10.9 Å². The molecule has 1 aromatic heterocycles. The van der Waals surface area contributed by atoms with Gasteiger partial charge in [-0.15, -0.1) is 5.10 Å². The molecule has 2 fully saturated rings. The molecule has 1 aliphatic carbocycles. The zero-order valence-corrected chi connectivity index (χ0v) is 14.3. The maximum atomic E-state index is 12.2. The summed E-state index contributed by atoms with van der Waals surface area (Å²) in [4.78, 5) is 2.11. The first-order valence-corrected chi connectivity index (χ1v) is 9.37. The fourth-order valence-corrected chi connectivity index (χ4v) is 4.47. The largest absolute Gasteiger partial charge is 0.352 e. The molecule has 1 saturated carbocycles. The molecule has 2 heterocycles. The van der Waals surface area contributed by atoms with Crippen molar-refractivity contribution >= 4 is 15.8 Å². The summed E-state index contributed by atoms with van der Waals surface area (Å²) >= 11 is 0. The quantitative estimate of drug-likeness (QED) is 0.840. The first-order valence-electron chi connectivity index (χ1n) is 7.86. The lowest BCUT2D eigenvalue weighted by Gasteiger charge is -2.34. The molecule has 6 nitrogen and oxygen atoms in total. The Hall–Kier alpha value is -1.21. The van der Waals surface area contributed by atoms with Gasteiger partial charge >= 0.3 is 0 Å². The minimum absolute atomic E-state index is 0.0113. The summed E-state index contributed by atoms with van der Waals surface area (Å²) in [6.07, 6.45) is 1.64. The Morgan fingerprint density at radius 3 is 2.14 bits per heavy atom. The number of sulfonamides is 1. The van der Waals surface area contributed by atoms with Crippen LogP contribution in [0, 0.1) is 0 Å². The standard InChI is InChI=1S/C15H24N4O2S/c1-15(2,3)13-6-7-14(17-16-13)18-8-10-19(11-9-18)22(20,21)12-4-5-12/h6-7,12H,4-5,8-11H2,1-3H3. The first-order chi connectivity index (χ1) is 10.3. The topological polar surface area (TPSA) is 66.4 Å². The Kier molecular flexibility index (Phi) is 3.89. The van der Waals surface area contributed by atoms with E-state index < -0.39 is 10.0 Å². The van der Waals surface area contributed by atoms with Crippen LogP contribution in [0.4, 0.5) is 5.82 Å². The van der Waals surface area contributed by atoms with E-state index in [0.29, 0.717) is 26.2 Å². The maximum Gasteiger partial charge on any atom is 0.217 e. The van der Waals surface area contributed by atoms with Gasteiger partial charge in [0.1, 0.15) is 0 Å². The van der Waals surface area contributed by atoms with Crippen molar-refractivity contribution in [2.75, 3.05) is 31.1 Å². The lowest BCUT2D eigenvalue weighted by Crippen LogP contribution is -2.49. The van der Waals surface area contributed by atoms with Crippen molar-refractivity contribution in [1.29, 1.82) is 0 Å². The summed E-state index contributed by atoms with van der Waals surface area (Å²) in [6.45, 7) is 8.77. The number of rotatable bonds is 3. The zero-order chi connectivity index (χ0) is 16.0. The molecule has 0 unspecified atom stereocenters. The predicted octanol–water partition coefficient (Wildman–Crippen LogP) is 1.39. The lowest BCUT2D eigenvalue weighted by atomic mass is 9.92. The Labute approximate surface area is 132 Å². The summed E-state index contributed by atoms with van der Waals surface area (Å²) in [5, 5.41) is 8.50. The molecule has 1 aliphatic heterocycles. The van der Waals surface area contributed by atoms with Crippen LogP contribution in [-0.2, 0) is 15.4 Å².